The molecule has 0 saturated carbocycles. The van der Waals surface area contributed by atoms with Gasteiger partial charge in [-0.05, 0) is 29.1 Å². The molecule has 4 nitrogen and oxygen atoms in total. The van der Waals surface area contributed by atoms with Gasteiger partial charge in [-0.2, -0.15) is 9.78 Å². The first-order valence-corrected chi connectivity index (χ1v) is 8.81. The lowest BCUT2D eigenvalue weighted by Crippen LogP contribution is -2.16. The first kappa shape index (κ1) is 14.9. The molecule has 0 saturated heterocycles. The normalized spacial score (nSPS) is 11.5. The van der Waals surface area contributed by atoms with Crippen molar-refractivity contribution >= 4 is 39.1 Å². The molecule has 0 aliphatic rings. The molecule has 0 bridgehead atoms. The molecule has 0 spiro atoms. The Labute approximate surface area is 144 Å². The van der Waals surface area contributed by atoms with Crippen LogP contribution in [0.3, 0.4) is 0 Å². The number of hydrogen-bond donors (Lipinski definition) is 0. The van der Waals surface area contributed by atoms with Crippen molar-refractivity contribution in [3.63, 3.8) is 0 Å². The van der Waals surface area contributed by atoms with Crippen LogP contribution in [0, 0.1) is 5.82 Å². The summed E-state index contributed by atoms with van der Waals surface area (Å²) in [5.41, 5.74) is 1.36. The summed E-state index contributed by atoms with van der Waals surface area (Å²) in [4.78, 5) is 18.8. The average molecular weight is 355 g/mol. The van der Waals surface area contributed by atoms with E-state index < -0.39 is 0 Å². The van der Waals surface area contributed by atoms with Crippen molar-refractivity contribution in [1.29, 1.82) is 0 Å². The zero-order chi connectivity index (χ0) is 16.5. The van der Waals surface area contributed by atoms with E-state index in [4.69, 9.17) is 0 Å². The van der Waals surface area contributed by atoms with E-state index in [-0.39, 0.29) is 11.4 Å². The summed E-state index contributed by atoms with van der Waals surface area (Å²) in [6.07, 6.45) is 2.91. The third-order valence-electron chi connectivity index (χ3n) is 3.47. The van der Waals surface area contributed by atoms with Gasteiger partial charge in [0, 0.05) is 15.8 Å². The first-order valence-electron chi connectivity index (χ1n) is 7.05. The SMILES string of the molecule is O=c1c2c(-c3cccs3)csc2ncn1N=Cc1ccc(F)cc1. The van der Waals surface area contributed by atoms with Gasteiger partial charge in [0.1, 0.15) is 17.0 Å². The van der Waals surface area contributed by atoms with Crippen molar-refractivity contribution in [3.8, 4) is 10.4 Å². The molecule has 3 aromatic heterocycles. The molecule has 0 fully saturated rings. The Morgan fingerprint density at radius 1 is 1.17 bits per heavy atom. The number of nitrogens with zero attached hydrogens (tertiary/aromatic N) is 3. The van der Waals surface area contributed by atoms with Crippen LogP contribution >= 0.6 is 22.7 Å². The van der Waals surface area contributed by atoms with Gasteiger partial charge in [-0.1, -0.05) is 18.2 Å². The minimum absolute atomic E-state index is 0.219. The number of hydrogen-bond acceptors (Lipinski definition) is 5. The molecule has 118 valence electrons. The first-order chi connectivity index (χ1) is 11.7. The van der Waals surface area contributed by atoms with E-state index in [2.05, 4.69) is 10.1 Å². The highest BCUT2D eigenvalue weighted by Gasteiger charge is 2.13. The van der Waals surface area contributed by atoms with E-state index in [1.807, 2.05) is 22.9 Å². The molecular formula is C17H10FN3OS2. The van der Waals surface area contributed by atoms with Crippen LogP contribution < -0.4 is 5.56 Å². The van der Waals surface area contributed by atoms with Crippen LogP contribution in [0.1, 0.15) is 5.56 Å². The van der Waals surface area contributed by atoms with E-state index >= 15 is 0 Å². The molecule has 0 radical (unpaired) electrons. The van der Waals surface area contributed by atoms with Crippen molar-refractivity contribution in [2.75, 3.05) is 0 Å². The number of rotatable bonds is 3. The maximum atomic E-state index is 12.9. The molecule has 0 unspecified atom stereocenters. The second kappa shape index (κ2) is 6.10. The molecule has 7 heteroatoms. The lowest BCUT2D eigenvalue weighted by Gasteiger charge is -1.99. The molecule has 0 aliphatic heterocycles. The molecule has 0 aliphatic carbocycles. The highest BCUT2D eigenvalue weighted by Crippen LogP contribution is 2.33. The zero-order valence-corrected chi connectivity index (χ0v) is 13.9. The van der Waals surface area contributed by atoms with E-state index in [1.54, 1.807) is 23.5 Å². The van der Waals surface area contributed by atoms with Crippen LogP contribution in [0.15, 0.2) is 63.4 Å². The molecule has 4 rings (SSSR count). The Balaban J connectivity index is 1.79. The standard InChI is InChI=1S/C17H10FN3OS2/c18-12-5-3-11(4-6-12)8-20-21-10-19-16-15(17(21)22)13(9-24-16)14-2-1-7-23-14/h1-10H. The maximum absolute atomic E-state index is 12.9. The fourth-order valence-corrected chi connectivity index (χ4v) is 4.02. The van der Waals surface area contributed by atoms with Crippen molar-refractivity contribution < 1.29 is 4.39 Å². The zero-order valence-electron chi connectivity index (χ0n) is 12.2. The highest BCUT2D eigenvalue weighted by molar-refractivity contribution is 7.18. The molecule has 0 amide bonds. The molecule has 24 heavy (non-hydrogen) atoms. The molecule has 3 heterocycles. The van der Waals surface area contributed by atoms with E-state index in [0.29, 0.717) is 15.8 Å². The number of fused-ring (bicyclic) bond motifs is 1. The number of aromatic nitrogens is 2. The second-order valence-corrected chi connectivity index (χ2v) is 6.80. The summed E-state index contributed by atoms with van der Waals surface area (Å²) in [6.45, 7) is 0. The van der Waals surface area contributed by atoms with Crippen molar-refractivity contribution in [2.24, 2.45) is 5.10 Å². The van der Waals surface area contributed by atoms with Gasteiger partial charge in [0.05, 0.1) is 11.6 Å². The van der Waals surface area contributed by atoms with E-state index in [0.717, 1.165) is 10.4 Å². The third-order valence-corrected chi connectivity index (χ3v) is 5.26. The largest absolute Gasteiger partial charge is 0.283 e. The van der Waals surface area contributed by atoms with Crippen molar-refractivity contribution in [1.82, 2.24) is 9.66 Å². The molecule has 0 N–H and O–H groups in total. The van der Waals surface area contributed by atoms with Crippen LogP contribution in [0.4, 0.5) is 4.39 Å². The van der Waals surface area contributed by atoms with Gasteiger partial charge in [-0.15, -0.1) is 22.7 Å². The molecule has 4 aromatic rings. The Bertz CT molecular complexity index is 1080. The lowest BCUT2D eigenvalue weighted by molar-refractivity contribution is 0.628. The Morgan fingerprint density at radius 3 is 2.75 bits per heavy atom. The van der Waals surface area contributed by atoms with E-state index in [9.17, 15) is 9.18 Å². The summed E-state index contributed by atoms with van der Waals surface area (Å²) in [5, 5.41) is 8.65. The minimum atomic E-state index is -0.314. The van der Waals surface area contributed by atoms with E-state index in [1.165, 1.54) is 40.7 Å². The number of thiophene rings is 2. The van der Waals surface area contributed by atoms with Crippen LogP contribution in [-0.4, -0.2) is 15.9 Å². The monoisotopic (exact) mass is 355 g/mol. The van der Waals surface area contributed by atoms with Crippen LogP contribution in [0.25, 0.3) is 20.7 Å². The van der Waals surface area contributed by atoms with Gasteiger partial charge in [-0.25, -0.2) is 9.37 Å². The summed E-state index contributed by atoms with van der Waals surface area (Å²) in [6, 6.07) is 9.81. The van der Waals surface area contributed by atoms with Crippen molar-refractivity contribution in [3.05, 3.63) is 75.2 Å². The smallest absolute Gasteiger partial charge is 0.267 e. The predicted molar refractivity (Wildman–Crippen MR) is 96.6 cm³/mol. The lowest BCUT2D eigenvalue weighted by atomic mass is 10.2. The summed E-state index contributed by atoms with van der Waals surface area (Å²) in [7, 11) is 0. The Morgan fingerprint density at radius 2 is 2.00 bits per heavy atom. The Kier molecular flexibility index (Phi) is 3.79. The highest BCUT2D eigenvalue weighted by atomic mass is 32.1. The van der Waals surface area contributed by atoms with Crippen molar-refractivity contribution in [2.45, 2.75) is 0 Å². The fourth-order valence-electron chi connectivity index (χ4n) is 2.30. The van der Waals surface area contributed by atoms with Gasteiger partial charge in [0.15, 0.2) is 0 Å². The van der Waals surface area contributed by atoms with Crippen LogP contribution in [-0.2, 0) is 0 Å². The van der Waals surface area contributed by atoms with Gasteiger partial charge in [0.2, 0.25) is 0 Å². The average Bonchev–Trinajstić information content (AvgIpc) is 3.25. The van der Waals surface area contributed by atoms with Gasteiger partial charge >= 0.3 is 0 Å². The molecule has 0 atom stereocenters. The number of halogens is 1. The Hall–Kier alpha value is -2.64. The molecule has 1 aromatic carbocycles. The summed E-state index contributed by atoms with van der Waals surface area (Å²) < 4.78 is 14.1. The summed E-state index contributed by atoms with van der Waals surface area (Å²) in [5.74, 6) is -0.314. The topological polar surface area (TPSA) is 47.2 Å². The van der Waals surface area contributed by atoms with Gasteiger partial charge in [0.25, 0.3) is 5.56 Å². The predicted octanol–water partition coefficient (Wildman–Crippen LogP) is 4.21. The van der Waals surface area contributed by atoms with Gasteiger partial charge < -0.3 is 0 Å². The second-order valence-electron chi connectivity index (χ2n) is 5.00. The quantitative estimate of drug-likeness (QED) is 0.517. The number of benzene rings is 1. The van der Waals surface area contributed by atoms with Crippen LogP contribution in [0.5, 0.6) is 0 Å². The van der Waals surface area contributed by atoms with Crippen LogP contribution in [0.2, 0.25) is 0 Å². The fraction of sp³-hybridized carbons (Fsp3) is 0. The minimum Gasteiger partial charge on any atom is -0.267 e. The summed E-state index contributed by atoms with van der Waals surface area (Å²) >= 11 is 3.02. The van der Waals surface area contributed by atoms with Gasteiger partial charge in [-0.3, -0.25) is 4.79 Å². The maximum Gasteiger partial charge on any atom is 0.283 e. The third kappa shape index (κ3) is 2.68. The molecular weight excluding hydrogens is 345 g/mol.